The average molecular weight is 245 g/mol. The van der Waals surface area contributed by atoms with Crippen LogP contribution in [0.4, 0.5) is 4.79 Å². The molecule has 17 heavy (non-hydrogen) atoms. The van der Waals surface area contributed by atoms with Gasteiger partial charge in [0.2, 0.25) is 6.29 Å². The van der Waals surface area contributed by atoms with Gasteiger partial charge in [0, 0.05) is 13.5 Å². The molecule has 0 heterocycles. The predicted octanol–water partition coefficient (Wildman–Crippen LogP) is 2.45. The zero-order valence-corrected chi connectivity index (χ0v) is 11.3. The van der Waals surface area contributed by atoms with E-state index >= 15 is 0 Å². The lowest BCUT2D eigenvalue weighted by Crippen LogP contribution is -2.33. The summed E-state index contributed by atoms with van der Waals surface area (Å²) in [6.07, 6.45) is 0.455. The lowest BCUT2D eigenvalue weighted by atomic mass is 9.97. The second-order valence-corrected chi connectivity index (χ2v) is 4.91. The van der Waals surface area contributed by atoms with Crippen LogP contribution >= 0.6 is 0 Å². The molecule has 0 rings (SSSR count). The number of carbonyl (C=O) groups excluding carboxylic acids is 2. The van der Waals surface area contributed by atoms with E-state index < -0.39 is 23.8 Å². The summed E-state index contributed by atoms with van der Waals surface area (Å²) in [5.74, 6) is -0.397. The summed E-state index contributed by atoms with van der Waals surface area (Å²) in [6, 6.07) is 0. The fourth-order valence-electron chi connectivity index (χ4n) is 0.911. The normalized spacial score (nSPS) is 12.8. The standard InChI is InChI=1S/C12H23NO4/c1-6-7-8-13-11(15)17-9(2)16-10(14)12(3,4)5/h9H,6-8H2,1-5H3,(H,13,15). The second kappa shape index (κ2) is 7.14. The topological polar surface area (TPSA) is 64.6 Å². The number of carbonyl (C=O) groups is 2. The first-order valence-corrected chi connectivity index (χ1v) is 5.93. The predicted molar refractivity (Wildman–Crippen MR) is 64.4 cm³/mol. The Morgan fingerprint density at radius 1 is 1.24 bits per heavy atom. The summed E-state index contributed by atoms with van der Waals surface area (Å²) < 4.78 is 9.84. The van der Waals surface area contributed by atoms with Crippen molar-refractivity contribution in [2.45, 2.75) is 53.8 Å². The molecular weight excluding hydrogens is 222 g/mol. The molecule has 5 heteroatoms. The molecule has 0 spiro atoms. The smallest absolute Gasteiger partial charge is 0.410 e. The summed E-state index contributed by atoms with van der Waals surface area (Å²) in [6.45, 7) is 9.33. The van der Waals surface area contributed by atoms with Crippen LogP contribution in [-0.2, 0) is 14.3 Å². The van der Waals surface area contributed by atoms with Crippen molar-refractivity contribution in [1.29, 1.82) is 0 Å². The van der Waals surface area contributed by atoms with E-state index in [1.807, 2.05) is 6.92 Å². The Kier molecular flexibility index (Phi) is 6.61. The van der Waals surface area contributed by atoms with Gasteiger partial charge in [-0.25, -0.2) is 4.79 Å². The molecule has 1 N–H and O–H groups in total. The molecule has 0 aliphatic heterocycles. The monoisotopic (exact) mass is 245 g/mol. The molecule has 0 radical (unpaired) electrons. The minimum Gasteiger partial charge on any atom is -0.425 e. The molecule has 0 aromatic rings. The number of nitrogens with one attached hydrogen (secondary N) is 1. The van der Waals surface area contributed by atoms with Crippen molar-refractivity contribution in [3.05, 3.63) is 0 Å². The Labute approximate surface area is 103 Å². The number of unbranched alkanes of at least 4 members (excludes halogenated alkanes) is 1. The third-order valence-electron chi connectivity index (χ3n) is 1.96. The van der Waals surface area contributed by atoms with Gasteiger partial charge in [0.15, 0.2) is 0 Å². The van der Waals surface area contributed by atoms with E-state index in [0.29, 0.717) is 6.54 Å². The zero-order valence-electron chi connectivity index (χ0n) is 11.3. The SMILES string of the molecule is CCCCNC(=O)OC(C)OC(=O)C(C)(C)C. The first kappa shape index (κ1) is 15.7. The summed E-state index contributed by atoms with van der Waals surface area (Å²) in [5, 5.41) is 2.57. The van der Waals surface area contributed by atoms with Gasteiger partial charge in [0.05, 0.1) is 5.41 Å². The first-order valence-electron chi connectivity index (χ1n) is 5.93. The van der Waals surface area contributed by atoms with Gasteiger partial charge in [0.1, 0.15) is 0 Å². The van der Waals surface area contributed by atoms with Crippen LogP contribution in [0.3, 0.4) is 0 Å². The van der Waals surface area contributed by atoms with E-state index in [9.17, 15) is 9.59 Å². The zero-order chi connectivity index (χ0) is 13.5. The van der Waals surface area contributed by atoms with Crippen LogP contribution in [0.1, 0.15) is 47.5 Å². The molecule has 0 aliphatic rings. The van der Waals surface area contributed by atoms with Gasteiger partial charge in [-0.15, -0.1) is 0 Å². The maximum absolute atomic E-state index is 11.5. The Morgan fingerprint density at radius 2 is 1.82 bits per heavy atom. The number of hydrogen-bond acceptors (Lipinski definition) is 4. The molecule has 0 saturated heterocycles. The molecule has 0 fully saturated rings. The highest BCUT2D eigenvalue weighted by Crippen LogP contribution is 2.16. The summed E-state index contributed by atoms with van der Waals surface area (Å²) in [7, 11) is 0. The van der Waals surface area contributed by atoms with Crippen LogP contribution in [0, 0.1) is 5.41 Å². The van der Waals surface area contributed by atoms with Crippen LogP contribution in [0.15, 0.2) is 0 Å². The number of hydrogen-bond donors (Lipinski definition) is 1. The van der Waals surface area contributed by atoms with Gasteiger partial charge in [-0.2, -0.15) is 0 Å². The fourth-order valence-corrected chi connectivity index (χ4v) is 0.911. The maximum Gasteiger partial charge on any atom is 0.410 e. The number of amides is 1. The number of rotatable bonds is 5. The van der Waals surface area contributed by atoms with Crippen LogP contribution in [0.25, 0.3) is 0 Å². The lowest BCUT2D eigenvalue weighted by molar-refractivity contribution is -0.174. The molecular formula is C12H23NO4. The van der Waals surface area contributed by atoms with Crippen molar-refractivity contribution in [3.8, 4) is 0 Å². The van der Waals surface area contributed by atoms with Crippen molar-refractivity contribution < 1.29 is 19.1 Å². The van der Waals surface area contributed by atoms with Gasteiger partial charge in [-0.1, -0.05) is 13.3 Å². The Morgan fingerprint density at radius 3 is 2.29 bits per heavy atom. The van der Waals surface area contributed by atoms with Crippen molar-refractivity contribution in [1.82, 2.24) is 5.32 Å². The highest BCUT2D eigenvalue weighted by molar-refractivity contribution is 5.75. The molecule has 1 atom stereocenters. The average Bonchev–Trinajstić information content (AvgIpc) is 2.16. The van der Waals surface area contributed by atoms with Crippen LogP contribution in [0.5, 0.6) is 0 Å². The van der Waals surface area contributed by atoms with Gasteiger partial charge in [-0.3, -0.25) is 4.79 Å². The molecule has 0 bridgehead atoms. The van der Waals surface area contributed by atoms with Gasteiger partial charge in [-0.05, 0) is 27.2 Å². The van der Waals surface area contributed by atoms with Crippen molar-refractivity contribution in [2.24, 2.45) is 5.41 Å². The quantitative estimate of drug-likeness (QED) is 0.459. The Bertz CT molecular complexity index is 258. The van der Waals surface area contributed by atoms with Crippen LogP contribution in [-0.4, -0.2) is 24.9 Å². The van der Waals surface area contributed by atoms with E-state index in [0.717, 1.165) is 12.8 Å². The highest BCUT2D eigenvalue weighted by atomic mass is 16.7. The van der Waals surface area contributed by atoms with E-state index in [4.69, 9.17) is 9.47 Å². The molecule has 0 aromatic carbocycles. The van der Waals surface area contributed by atoms with Crippen molar-refractivity contribution in [2.75, 3.05) is 6.54 Å². The van der Waals surface area contributed by atoms with Gasteiger partial charge >= 0.3 is 12.1 Å². The number of alkyl carbamates (subject to hydrolysis) is 1. The number of ether oxygens (including phenoxy) is 2. The van der Waals surface area contributed by atoms with Crippen molar-refractivity contribution in [3.63, 3.8) is 0 Å². The van der Waals surface area contributed by atoms with Gasteiger partial charge < -0.3 is 14.8 Å². The summed E-state index contributed by atoms with van der Waals surface area (Å²) in [4.78, 5) is 22.7. The van der Waals surface area contributed by atoms with E-state index in [2.05, 4.69) is 5.32 Å². The van der Waals surface area contributed by atoms with Crippen LogP contribution < -0.4 is 5.32 Å². The molecule has 1 amide bonds. The van der Waals surface area contributed by atoms with Crippen LogP contribution in [0.2, 0.25) is 0 Å². The molecule has 0 saturated carbocycles. The maximum atomic E-state index is 11.5. The summed E-state index contributed by atoms with van der Waals surface area (Å²) in [5.41, 5.74) is -0.601. The second-order valence-electron chi connectivity index (χ2n) is 4.91. The fraction of sp³-hybridized carbons (Fsp3) is 0.833. The van der Waals surface area contributed by atoms with E-state index in [1.54, 1.807) is 20.8 Å². The van der Waals surface area contributed by atoms with Gasteiger partial charge in [0.25, 0.3) is 0 Å². The highest BCUT2D eigenvalue weighted by Gasteiger charge is 2.26. The summed E-state index contributed by atoms with van der Waals surface area (Å²) >= 11 is 0. The minimum absolute atomic E-state index is 0.397. The number of esters is 1. The molecule has 100 valence electrons. The third-order valence-corrected chi connectivity index (χ3v) is 1.96. The van der Waals surface area contributed by atoms with E-state index in [1.165, 1.54) is 6.92 Å². The van der Waals surface area contributed by atoms with E-state index in [-0.39, 0.29) is 0 Å². The first-order chi connectivity index (χ1) is 7.77. The Balaban J connectivity index is 3.89. The minimum atomic E-state index is -0.872. The Hall–Kier alpha value is -1.26. The molecule has 1 unspecified atom stereocenters. The lowest BCUT2D eigenvalue weighted by Gasteiger charge is -2.20. The van der Waals surface area contributed by atoms with Crippen molar-refractivity contribution >= 4 is 12.1 Å². The largest absolute Gasteiger partial charge is 0.425 e. The molecule has 0 aliphatic carbocycles. The third kappa shape index (κ3) is 7.60. The molecule has 5 nitrogen and oxygen atoms in total. The molecule has 0 aromatic heterocycles.